The van der Waals surface area contributed by atoms with Crippen LogP contribution in [0.15, 0.2) is 24.3 Å². The zero-order chi connectivity index (χ0) is 11.5. The van der Waals surface area contributed by atoms with Crippen LogP contribution in [0.4, 0.5) is 0 Å². The second kappa shape index (κ2) is 4.49. The minimum Gasteiger partial charge on any atom is -0.508 e. The monoisotopic (exact) mass is 222 g/mol. The number of phenols is 1. The molecule has 0 amide bonds. The Morgan fingerprint density at radius 2 is 2.06 bits per heavy atom. The predicted octanol–water partition coefficient (Wildman–Crippen LogP) is 1.46. The molecule has 1 aliphatic heterocycles. The highest BCUT2D eigenvalue weighted by Crippen LogP contribution is 2.26. The Morgan fingerprint density at radius 1 is 1.38 bits per heavy atom. The summed E-state index contributed by atoms with van der Waals surface area (Å²) < 4.78 is 0. The molecule has 0 aliphatic carbocycles. The van der Waals surface area contributed by atoms with E-state index in [0.717, 1.165) is 18.5 Å². The Kier molecular flexibility index (Phi) is 3.05. The summed E-state index contributed by atoms with van der Waals surface area (Å²) >= 11 is 0. The zero-order valence-corrected chi connectivity index (χ0v) is 8.80. The minimum atomic E-state index is -0.571. The van der Waals surface area contributed by atoms with Gasteiger partial charge in [-0.05, 0) is 30.7 Å². The van der Waals surface area contributed by atoms with Gasteiger partial charge >= 0.3 is 0 Å². The van der Waals surface area contributed by atoms with E-state index in [-0.39, 0.29) is 16.7 Å². The quantitative estimate of drug-likeness (QED) is 0.586. The molecular formula is C11H14N2O3. The summed E-state index contributed by atoms with van der Waals surface area (Å²) in [6, 6.07) is 5.76. The topological polar surface area (TPSA) is 75.4 Å². The number of piperidine rings is 1. The Hall–Kier alpha value is -1.62. The molecule has 1 fully saturated rings. The van der Waals surface area contributed by atoms with Crippen molar-refractivity contribution in [1.82, 2.24) is 5.32 Å². The molecule has 2 unspecified atom stereocenters. The fourth-order valence-corrected chi connectivity index (χ4v) is 2.12. The molecule has 2 rings (SSSR count). The van der Waals surface area contributed by atoms with Crippen LogP contribution in [-0.4, -0.2) is 22.6 Å². The minimum absolute atomic E-state index is 0.178. The van der Waals surface area contributed by atoms with E-state index in [1.165, 1.54) is 0 Å². The maximum Gasteiger partial charge on any atom is 0.232 e. The van der Waals surface area contributed by atoms with E-state index in [4.69, 9.17) is 0 Å². The molecule has 1 aromatic carbocycles. The Balaban J connectivity index is 2.23. The molecule has 1 aliphatic rings. The fourth-order valence-electron chi connectivity index (χ4n) is 2.12. The molecule has 2 atom stereocenters. The number of hydrogen-bond donors (Lipinski definition) is 2. The van der Waals surface area contributed by atoms with Gasteiger partial charge in [0.1, 0.15) is 11.8 Å². The van der Waals surface area contributed by atoms with Crippen molar-refractivity contribution in [3.8, 4) is 5.75 Å². The molecule has 0 spiro atoms. The Bertz CT molecular complexity index is 377. The molecule has 86 valence electrons. The first kappa shape index (κ1) is 10.9. The lowest BCUT2D eigenvalue weighted by Gasteiger charge is -2.27. The summed E-state index contributed by atoms with van der Waals surface area (Å²) in [6.07, 6.45) is 1.44. The molecule has 5 nitrogen and oxygen atoms in total. The van der Waals surface area contributed by atoms with E-state index in [0.29, 0.717) is 6.42 Å². The third-order valence-electron chi connectivity index (χ3n) is 2.95. The van der Waals surface area contributed by atoms with Crippen molar-refractivity contribution in [3.05, 3.63) is 39.9 Å². The molecular weight excluding hydrogens is 208 g/mol. The zero-order valence-electron chi connectivity index (χ0n) is 8.80. The number of benzene rings is 1. The Labute approximate surface area is 93.2 Å². The first-order chi connectivity index (χ1) is 7.68. The molecule has 16 heavy (non-hydrogen) atoms. The maximum absolute atomic E-state index is 10.9. The van der Waals surface area contributed by atoms with Crippen molar-refractivity contribution in [2.24, 2.45) is 0 Å². The summed E-state index contributed by atoms with van der Waals surface area (Å²) in [7, 11) is 0. The molecule has 2 N–H and O–H groups in total. The van der Waals surface area contributed by atoms with Crippen LogP contribution in [0.25, 0.3) is 0 Å². The predicted molar refractivity (Wildman–Crippen MR) is 58.9 cm³/mol. The third kappa shape index (κ3) is 2.14. The molecule has 1 heterocycles. The van der Waals surface area contributed by atoms with Crippen LogP contribution in [0.5, 0.6) is 5.75 Å². The highest BCUT2D eigenvalue weighted by atomic mass is 16.6. The van der Waals surface area contributed by atoms with Gasteiger partial charge in [-0.2, -0.15) is 0 Å². The molecule has 1 saturated heterocycles. The molecule has 0 radical (unpaired) electrons. The number of phenolic OH excluding ortho intramolecular Hbond substituents is 1. The van der Waals surface area contributed by atoms with Crippen LogP contribution in [0, 0.1) is 10.1 Å². The lowest BCUT2D eigenvalue weighted by molar-refractivity contribution is -0.531. The number of nitro groups is 1. The number of hydrogen-bond acceptors (Lipinski definition) is 4. The van der Waals surface area contributed by atoms with Crippen molar-refractivity contribution in [1.29, 1.82) is 0 Å². The highest BCUT2D eigenvalue weighted by Gasteiger charge is 2.34. The van der Waals surface area contributed by atoms with Gasteiger partial charge in [0.05, 0.1) is 0 Å². The first-order valence-electron chi connectivity index (χ1n) is 5.34. The van der Waals surface area contributed by atoms with Gasteiger partial charge in [0.25, 0.3) is 0 Å². The van der Waals surface area contributed by atoms with Gasteiger partial charge in [-0.25, -0.2) is 0 Å². The van der Waals surface area contributed by atoms with Crippen LogP contribution in [0.1, 0.15) is 24.4 Å². The van der Waals surface area contributed by atoms with E-state index in [9.17, 15) is 15.2 Å². The number of rotatable bonds is 2. The average molecular weight is 222 g/mol. The average Bonchev–Trinajstić information content (AvgIpc) is 2.30. The third-order valence-corrected chi connectivity index (χ3v) is 2.95. The highest BCUT2D eigenvalue weighted by molar-refractivity contribution is 5.28. The van der Waals surface area contributed by atoms with Crippen LogP contribution < -0.4 is 5.32 Å². The van der Waals surface area contributed by atoms with Crippen LogP contribution in [-0.2, 0) is 0 Å². The van der Waals surface area contributed by atoms with Crippen LogP contribution in [0.2, 0.25) is 0 Å². The fraction of sp³-hybridized carbons (Fsp3) is 0.455. The molecule has 1 aromatic rings. The largest absolute Gasteiger partial charge is 0.508 e. The lowest BCUT2D eigenvalue weighted by atomic mass is 9.93. The molecule has 0 saturated carbocycles. The second-order valence-corrected chi connectivity index (χ2v) is 4.02. The van der Waals surface area contributed by atoms with Crippen LogP contribution in [0.3, 0.4) is 0 Å². The van der Waals surface area contributed by atoms with E-state index in [1.54, 1.807) is 24.3 Å². The summed E-state index contributed by atoms with van der Waals surface area (Å²) in [4.78, 5) is 10.7. The summed E-state index contributed by atoms with van der Waals surface area (Å²) in [5.41, 5.74) is 0.860. The van der Waals surface area contributed by atoms with E-state index in [1.807, 2.05) is 0 Å². The van der Waals surface area contributed by atoms with E-state index < -0.39 is 6.04 Å². The van der Waals surface area contributed by atoms with Crippen molar-refractivity contribution < 1.29 is 10.0 Å². The van der Waals surface area contributed by atoms with Gasteiger partial charge in [0.2, 0.25) is 6.04 Å². The Morgan fingerprint density at radius 3 is 2.69 bits per heavy atom. The van der Waals surface area contributed by atoms with Crippen LogP contribution >= 0.6 is 0 Å². The van der Waals surface area contributed by atoms with Crippen molar-refractivity contribution >= 4 is 0 Å². The van der Waals surface area contributed by atoms with E-state index >= 15 is 0 Å². The second-order valence-electron chi connectivity index (χ2n) is 4.02. The SMILES string of the molecule is O=[N+]([O-])C1CCCNC1c1ccc(O)cc1. The standard InChI is InChI=1S/C11H14N2O3/c14-9-5-3-8(4-6-9)11-10(13(15)16)2-1-7-12-11/h3-6,10-12,14H,1-2,7H2. The van der Waals surface area contributed by atoms with Crippen molar-refractivity contribution in [2.75, 3.05) is 6.54 Å². The van der Waals surface area contributed by atoms with Gasteiger partial charge in [-0.3, -0.25) is 10.1 Å². The van der Waals surface area contributed by atoms with Gasteiger partial charge in [0, 0.05) is 11.3 Å². The number of aromatic hydroxyl groups is 1. The van der Waals surface area contributed by atoms with Crippen molar-refractivity contribution in [3.63, 3.8) is 0 Å². The van der Waals surface area contributed by atoms with Gasteiger partial charge in [0.15, 0.2) is 0 Å². The van der Waals surface area contributed by atoms with Gasteiger partial charge < -0.3 is 10.4 Å². The normalized spacial score (nSPS) is 25.2. The van der Waals surface area contributed by atoms with E-state index in [2.05, 4.69) is 5.32 Å². The summed E-state index contributed by atoms with van der Waals surface area (Å²) in [6.45, 7) is 0.801. The summed E-state index contributed by atoms with van der Waals surface area (Å²) in [5.74, 6) is 0.178. The smallest absolute Gasteiger partial charge is 0.232 e. The van der Waals surface area contributed by atoms with Crippen molar-refractivity contribution in [2.45, 2.75) is 24.9 Å². The van der Waals surface area contributed by atoms with Gasteiger partial charge in [-0.15, -0.1) is 0 Å². The number of nitrogens with zero attached hydrogens (tertiary/aromatic N) is 1. The lowest BCUT2D eigenvalue weighted by Crippen LogP contribution is -2.41. The maximum atomic E-state index is 10.9. The first-order valence-corrected chi connectivity index (χ1v) is 5.34. The molecule has 0 aromatic heterocycles. The number of nitrogens with one attached hydrogen (secondary N) is 1. The summed E-state index contributed by atoms with van der Waals surface area (Å²) in [5, 5.41) is 23.3. The molecule has 0 bridgehead atoms. The molecule has 5 heteroatoms. The van der Waals surface area contributed by atoms with Gasteiger partial charge in [-0.1, -0.05) is 12.1 Å².